The van der Waals surface area contributed by atoms with Crippen molar-refractivity contribution in [3.8, 4) is 11.5 Å². The summed E-state index contributed by atoms with van der Waals surface area (Å²) in [5.41, 5.74) is 1.44. The van der Waals surface area contributed by atoms with E-state index in [2.05, 4.69) is 5.32 Å². The molecule has 0 spiro atoms. The first-order valence-corrected chi connectivity index (χ1v) is 10.4. The van der Waals surface area contributed by atoms with E-state index < -0.39 is 24.5 Å². The number of hydrogen-bond donors (Lipinski definition) is 1. The van der Waals surface area contributed by atoms with E-state index in [9.17, 15) is 14.4 Å². The van der Waals surface area contributed by atoms with Crippen LogP contribution >= 0.6 is 11.3 Å². The summed E-state index contributed by atoms with van der Waals surface area (Å²) in [5, 5.41) is 3.05. The van der Waals surface area contributed by atoms with E-state index in [1.165, 1.54) is 17.4 Å². The van der Waals surface area contributed by atoms with Crippen molar-refractivity contribution >= 4 is 34.2 Å². The minimum absolute atomic E-state index is 0.234. The molecule has 160 valence electrons. The van der Waals surface area contributed by atoms with E-state index in [1.54, 1.807) is 19.1 Å². The number of carbonyl (C=O) groups is 3. The van der Waals surface area contributed by atoms with Gasteiger partial charge in [0, 0.05) is 4.88 Å². The maximum absolute atomic E-state index is 12.3. The van der Waals surface area contributed by atoms with Crippen molar-refractivity contribution in [3.63, 3.8) is 0 Å². The Labute approximate surface area is 178 Å². The highest BCUT2D eigenvalue weighted by Crippen LogP contribution is 2.34. The van der Waals surface area contributed by atoms with E-state index in [0.29, 0.717) is 41.7 Å². The summed E-state index contributed by atoms with van der Waals surface area (Å²) in [7, 11) is 0. The molecule has 0 bridgehead atoms. The average molecular weight is 433 g/mol. The molecule has 1 N–H and O–H groups in total. The summed E-state index contributed by atoms with van der Waals surface area (Å²) in [4.78, 5) is 37.9. The molecule has 1 aromatic carbocycles. The topological polar surface area (TPSA) is 100 Å². The fourth-order valence-electron chi connectivity index (χ4n) is 3.06. The van der Waals surface area contributed by atoms with Gasteiger partial charge in [-0.2, -0.15) is 0 Å². The van der Waals surface area contributed by atoms with Crippen LogP contribution in [-0.4, -0.2) is 44.3 Å². The Bertz CT molecular complexity index is 967. The molecule has 0 fully saturated rings. The van der Waals surface area contributed by atoms with Gasteiger partial charge in [-0.05, 0) is 44.0 Å². The van der Waals surface area contributed by atoms with Gasteiger partial charge in [-0.15, -0.1) is 11.3 Å². The number of hydrogen-bond acceptors (Lipinski definition) is 8. The van der Waals surface area contributed by atoms with Crippen LogP contribution in [0.4, 0.5) is 5.00 Å². The number of anilines is 1. The maximum atomic E-state index is 12.3. The molecule has 0 radical (unpaired) electrons. The van der Waals surface area contributed by atoms with Crippen molar-refractivity contribution in [1.82, 2.24) is 0 Å². The Kier molecular flexibility index (Phi) is 6.94. The minimum Gasteiger partial charge on any atom is -0.486 e. The molecule has 1 aromatic heterocycles. The summed E-state index contributed by atoms with van der Waals surface area (Å²) in [5.74, 6) is -0.677. The van der Waals surface area contributed by atoms with Crippen molar-refractivity contribution in [2.45, 2.75) is 27.2 Å². The Morgan fingerprint density at radius 3 is 2.50 bits per heavy atom. The fraction of sp³-hybridized carbons (Fsp3) is 0.381. The van der Waals surface area contributed by atoms with Gasteiger partial charge in [-0.25, -0.2) is 9.59 Å². The number of benzene rings is 1. The zero-order valence-electron chi connectivity index (χ0n) is 17.0. The monoisotopic (exact) mass is 433 g/mol. The maximum Gasteiger partial charge on any atom is 0.341 e. The predicted molar refractivity (Wildman–Crippen MR) is 111 cm³/mol. The standard InChI is InChI=1S/C21H23NO7S/c1-4-14-12(3)30-19(18(14)21(25)26-5-2)22-17(23)11-29-20(24)13-6-7-15-16(10-13)28-9-8-27-15/h6-7,10H,4-5,8-9,11H2,1-3H3,(H,22,23). The number of esters is 2. The molecule has 3 rings (SSSR count). The highest BCUT2D eigenvalue weighted by Gasteiger charge is 2.24. The molecule has 9 heteroatoms. The lowest BCUT2D eigenvalue weighted by Gasteiger charge is -2.18. The molecule has 0 unspecified atom stereocenters. The van der Waals surface area contributed by atoms with Gasteiger partial charge in [0.25, 0.3) is 5.91 Å². The van der Waals surface area contributed by atoms with Gasteiger partial charge in [0.15, 0.2) is 18.1 Å². The van der Waals surface area contributed by atoms with Gasteiger partial charge < -0.3 is 24.3 Å². The van der Waals surface area contributed by atoms with Crippen molar-refractivity contribution in [2.24, 2.45) is 0 Å². The van der Waals surface area contributed by atoms with Gasteiger partial charge in [-0.1, -0.05) is 6.92 Å². The molecule has 1 amide bonds. The number of amides is 1. The van der Waals surface area contributed by atoms with Gasteiger partial charge >= 0.3 is 11.9 Å². The van der Waals surface area contributed by atoms with Crippen molar-refractivity contribution < 1.29 is 33.3 Å². The average Bonchev–Trinajstić information content (AvgIpc) is 3.06. The Morgan fingerprint density at radius 2 is 1.80 bits per heavy atom. The number of carbonyl (C=O) groups excluding carboxylic acids is 3. The molecule has 0 aliphatic carbocycles. The largest absolute Gasteiger partial charge is 0.486 e. The number of fused-ring (bicyclic) bond motifs is 1. The Morgan fingerprint density at radius 1 is 1.07 bits per heavy atom. The molecule has 0 saturated heterocycles. The molecule has 0 saturated carbocycles. The number of ether oxygens (including phenoxy) is 4. The third kappa shape index (κ3) is 4.73. The highest BCUT2D eigenvalue weighted by atomic mass is 32.1. The van der Waals surface area contributed by atoms with Gasteiger partial charge in [0.05, 0.1) is 17.7 Å². The quantitative estimate of drug-likeness (QED) is 0.668. The van der Waals surface area contributed by atoms with Crippen LogP contribution in [0.15, 0.2) is 18.2 Å². The van der Waals surface area contributed by atoms with Crippen molar-refractivity contribution in [2.75, 3.05) is 31.7 Å². The first-order chi connectivity index (χ1) is 14.4. The summed E-state index contributed by atoms with van der Waals surface area (Å²) in [6, 6.07) is 4.68. The second-order valence-electron chi connectivity index (χ2n) is 6.40. The third-order valence-electron chi connectivity index (χ3n) is 4.41. The van der Waals surface area contributed by atoms with E-state index in [0.717, 1.165) is 10.4 Å². The summed E-state index contributed by atoms with van der Waals surface area (Å²) >= 11 is 1.29. The van der Waals surface area contributed by atoms with Crippen LogP contribution in [0.2, 0.25) is 0 Å². The first kappa shape index (κ1) is 21.6. The van der Waals surface area contributed by atoms with Gasteiger partial charge in [0.2, 0.25) is 0 Å². The smallest absolute Gasteiger partial charge is 0.341 e. The summed E-state index contributed by atoms with van der Waals surface area (Å²) in [6.45, 7) is 6.12. The van der Waals surface area contributed by atoms with Gasteiger partial charge in [-0.3, -0.25) is 4.79 Å². The summed E-state index contributed by atoms with van der Waals surface area (Å²) in [6.07, 6.45) is 0.630. The van der Waals surface area contributed by atoms with Crippen molar-refractivity contribution in [1.29, 1.82) is 0 Å². The van der Waals surface area contributed by atoms with Gasteiger partial charge in [0.1, 0.15) is 18.2 Å². The lowest BCUT2D eigenvalue weighted by molar-refractivity contribution is -0.119. The highest BCUT2D eigenvalue weighted by molar-refractivity contribution is 7.16. The zero-order valence-corrected chi connectivity index (χ0v) is 17.9. The minimum atomic E-state index is -0.663. The SMILES string of the molecule is CCOC(=O)c1c(NC(=O)COC(=O)c2ccc3c(c2)OCCO3)sc(C)c1CC. The molecule has 2 heterocycles. The molecule has 0 atom stereocenters. The molecule has 8 nitrogen and oxygen atoms in total. The molecular weight excluding hydrogens is 410 g/mol. The normalized spacial score (nSPS) is 12.2. The van der Waals surface area contributed by atoms with Crippen LogP contribution in [0.5, 0.6) is 11.5 Å². The number of rotatable bonds is 7. The van der Waals surface area contributed by atoms with Crippen LogP contribution < -0.4 is 14.8 Å². The van der Waals surface area contributed by atoms with Crippen LogP contribution in [0.3, 0.4) is 0 Å². The van der Waals surface area contributed by atoms with Crippen molar-refractivity contribution in [3.05, 3.63) is 39.8 Å². The van der Waals surface area contributed by atoms with Crippen LogP contribution in [0.1, 0.15) is 45.0 Å². The molecular formula is C21H23NO7S. The number of thiophene rings is 1. The first-order valence-electron chi connectivity index (χ1n) is 9.60. The van der Waals surface area contributed by atoms with E-state index in [4.69, 9.17) is 18.9 Å². The molecule has 30 heavy (non-hydrogen) atoms. The van der Waals surface area contributed by atoms with E-state index in [1.807, 2.05) is 13.8 Å². The zero-order chi connectivity index (χ0) is 21.7. The summed E-state index contributed by atoms with van der Waals surface area (Å²) < 4.78 is 21.1. The molecule has 1 aliphatic rings. The van der Waals surface area contributed by atoms with Crippen LogP contribution in [0.25, 0.3) is 0 Å². The second kappa shape index (κ2) is 9.62. The Hall–Kier alpha value is -3.07. The number of aryl methyl sites for hydroxylation is 1. The number of nitrogens with one attached hydrogen (secondary N) is 1. The van der Waals surface area contributed by atoms with Crippen LogP contribution in [0, 0.1) is 6.92 Å². The predicted octanol–water partition coefficient (Wildman–Crippen LogP) is 3.36. The molecule has 1 aliphatic heterocycles. The lowest BCUT2D eigenvalue weighted by atomic mass is 10.1. The van der Waals surface area contributed by atoms with Crippen LogP contribution in [-0.2, 0) is 20.7 Å². The lowest BCUT2D eigenvalue weighted by Crippen LogP contribution is -2.22. The Balaban J connectivity index is 1.65. The second-order valence-corrected chi connectivity index (χ2v) is 7.62. The molecule has 2 aromatic rings. The fourth-order valence-corrected chi connectivity index (χ4v) is 4.21. The third-order valence-corrected chi connectivity index (χ3v) is 5.47. The van der Waals surface area contributed by atoms with E-state index >= 15 is 0 Å². The van der Waals surface area contributed by atoms with E-state index in [-0.39, 0.29) is 12.2 Å².